The maximum absolute atomic E-state index is 10.7. The highest BCUT2D eigenvalue weighted by Gasteiger charge is 2.06. The van der Waals surface area contributed by atoms with E-state index in [1.165, 1.54) is 6.92 Å². The number of rotatable bonds is 3. The average Bonchev–Trinajstić information content (AvgIpc) is 2.16. The fourth-order valence-electron chi connectivity index (χ4n) is 1.21. The topological polar surface area (TPSA) is 66.4 Å². The van der Waals surface area contributed by atoms with E-state index < -0.39 is 5.97 Å². The highest BCUT2D eigenvalue weighted by atomic mass is 16.4. The van der Waals surface area contributed by atoms with Crippen molar-refractivity contribution in [3.63, 3.8) is 0 Å². The molecule has 0 atom stereocenters. The smallest absolute Gasteiger partial charge is 0.335 e. The summed E-state index contributed by atoms with van der Waals surface area (Å²) in [7, 11) is 0. The van der Waals surface area contributed by atoms with Gasteiger partial charge in [-0.15, -0.1) is 0 Å². The number of benzene rings is 1. The van der Waals surface area contributed by atoms with Gasteiger partial charge in [-0.3, -0.25) is 4.79 Å². The van der Waals surface area contributed by atoms with Crippen molar-refractivity contribution in [3.05, 3.63) is 34.9 Å². The summed E-state index contributed by atoms with van der Waals surface area (Å²) < 4.78 is 0. The Morgan fingerprint density at radius 2 is 2.07 bits per heavy atom. The lowest BCUT2D eigenvalue weighted by atomic mass is 10.1. The predicted molar refractivity (Wildman–Crippen MR) is 55.7 cm³/mol. The minimum absolute atomic E-state index is 0.130. The van der Waals surface area contributed by atoms with Crippen LogP contribution in [0.15, 0.2) is 18.2 Å². The second-order valence-corrected chi connectivity index (χ2v) is 3.36. The van der Waals surface area contributed by atoms with Crippen molar-refractivity contribution < 1.29 is 14.7 Å². The SMILES string of the molecule is CC(=O)NCc1cc(C(=O)O)ccc1C. The molecule has 4 nitrogen and oxygen atoms in total. The maximum Gasteiger partial charge on any atom is 0.335 e. The largest absolute Gasteiger partial charge is 0.478 e. The van der Waals surface area contributed by atoms with Crippen molar-refractivity contribution in [2.75, 3.05) is 0 Å². The maximum atomic E-state index is 10.7. The third-order valence-corrected chi connectivity index (χ3v) is 2.12. The highest BCUT2D eigenvalue weighted by Crippen LogP contribution is 2.11. The van der Waals surface area contributed by atoms with Crippen molar-refractivity contribution in [3.8, 4) is 0 Å². The van der Waals surface area contributed by atoms with Crippen LogP contribution in [-0.2, 0) is 11.3 Å². The van der Waals surface area contributed by atoms with Gasteiger partial charge in [0.15, 0.2) is 0 Å². The normalized spacial score (nSPS) is 9.73. The number of nitrogens with one attached hydrogen (secondary N) is 1. The Bertz CT molecular complexity index is 399. The summed E-state index contributed by atoms with van der Waals surface area (Å²) in [5.74, 6) is -1.09. The lowest BCUT2D eigenvalue weighted by Gasteiger charge is -2.07. The zero-order chi connectivity index (χ0) is 11.4. The first-order valence-electron chi connectivity index (χ1n) is 4.58. The van der Waals surface area contributed by atoms with Gasteiger partial charge in [0, 0.05) is 13.5 Å². The molecule has 0 fully saturated rings. The van der Waals surface area contributed by atoms with E-state index in [0.29, 0.717) is 6.54 Å². The van der Waals surface area contributed by atoms with Crippen LogP contribution in [-0.4, -0.2) is 17.0 Å². The van der Waals surface area contributed by atoms with E-state index >= 15 is 0 Å². The molecule has 0 unspecified atom stereocenters. The molecule has 1 aromatic carbocycles. The predicted octanol–water partition coefficient (Wildman–Crippen LogP) is 1.33. The van der Waals surface area contributed by atoms with E-state index in [9.17, 15) is 9.59 Å². The van der Waals surface area contributed by atoms with E-state index in [2.05, 4.69) is 5.32 Å². The molecule has 1 rings (SSSR count). The Morgan fingerprint density at radius 1 is 1.40 bits per heavy atom. The zero-order valence-electron chi connectivity index (χ0n) is 8.70. The number of aromatic carboxylic acids is 1. The molecule has 0 spiro atoms. The number of carbonyl (C=O) groups excluding carboxylic acids is 1. The van der Waals surface area contributed by atoms with Crippen LogP contribution < -0.4 is 5.32 Å². The van der Waals surface area contributed by atoms with Crippen LogP contribution >= 0.6 is 0 Å². The van der Waals surface area contributed by atoms with Gasteiger partial charge in [-0.25, -0.2) is 4.79 Å². The molecule has 1 amide bonds. The first kappa shape index (κ1) is 11.2. The average molecular weight is 207 g/mol. The minimum Gasteiger partial charge on any atom is -0.478 e. The van der Waals surface area contributed by atoms with Crippen molar-refractivity contribution in [2.24, 2.45) is 0 Å². The summed E-state index contributed by atoms with van der Waals surface area (Å²) in [4.78, 5) is 21.4. The number of carbonyl (C=O) groups is 2. The standard InChI is InChI=1S/C11H13NO3/c1-7-3-4-9(11(14)15)5-10(7)6-12-8(2)13/h3-5H,6H2,1-2H3,(H,12,13)(H,14,15). The molecule has 4 heteroatoms. The van der Waals surface area contributed by atoms with Gasteiger partial charge in [0.25, 0.3) is 0 Å². The van der Waals surface area contributed by atoms with Crippen molar-refractivity contribution >= 4 is 11.9 Å². The molecule has 0 aliphatic carbocycles. The van der Waals surface area contributed by atoms with Crippen LogP contribution in [0.4, 0.5) is 0 Å². The minimum atomic E-state index is -0.959. The van der Waals surface area contributed by atoms with E-state index in [1.807, 2.05) is 6.92 Å². The van der Waals surface area contributed by atoms with Gasteiger partial charge >= 0.3 is 5.97 Å². The fourth-order valence-corrected chi connectivity index (χ4v) is 1.21. The molecule has 0 radical (unpaired) electrons. The third-order valence-electron chi connectivity index (χ3n) is 2.12. The third kappa shape index (κ3) is 3.09. The second-order valence-electron chi connectivity index (χ2n) is 3.36. The van der Waals surface area contributed by atoms with Crippen molar-refractivity contribution in [2.45, 2.75) is 20.4 Å². The number of aryl methyl sites for hydroxylation is 1. The Balaban J connectivity index is 2.90. The van der Waals surface area contributed by atoms with Gasteiger partial charge in [-0.2, -0.15) is 0 Å². The fraction of sp³-hybridized carbons (Fsp3) is 0.273. The lowest BCUT2D eigenvalue weighted by Crippen LogP contribution is -2.19. The molecule has 0 aliphatic heterocycles. The molecule has 0 saturated carbocycles. The van der Waals surface area contributed by atoms with Crippen LogP contribution in [0.2, 0.25) is 0 Å². The Kier molecular flexibility index (Phi) is 3.44. The van der Waals surface area contributed by atoms with E-state index in [0.717, 1.165) is 11.1 Å². The van der Waals surface area contributed by atoms with Gasteiger partial charge < -0.3 is 10.4 Å². The summed E-state index contributed by atoms with van der Waals surface area (Å²) in [5, 5.41) is 11.4. The second kappa shape index (κ2) is 4.59. The van der Waals surface area contributed by atoms with Gasteiger partial charge in [0.1, 0.15) is 0 Å². The van der Waals surface area contributed by atoms with Gasteiger partial charge in [-0.05, 0) is 30.2 Å². The first-order valence-corrected chi connectivity index (χ1v) is 4.58. The van der Waals surface area contributed by atoms with Crippen LogP contribution in [0.25, 0.3) is 0 Å². The van der Waals surface area contributed by atoms with Gasteiger partial charge in [-0.1, -0.05) is 6.07 Å². The molecular weight excluding hydrogens is 194 g/mol. The summed E-state index contributed by atoms with van der Waals surface area (Å²) in [5.41, 5.74) is 2.03. The zero-order valence-corrected chi connectivity index (χ0v) is 8.70. The molecule has 1 aromatic rings. The van der Waals surface area contributed by atoms with Crippen LogP contribution in [0.5, 0.6) is 0 Å². The number of hydrogen-bond acceptors (Lipinski definition) is 2. The van der Waals surface area contributed by atoms with Crippen molar-refractivity contribution in [1.82, 2.24) is 5.32 Å². The Hall–Kier alpha value is -1.84. The lowest BCUT2D eigenvalue weighted by molar-refractivity contribution is -0.119. The molecule has 0 saturated heterocycles. The molecule has 15 heavy (non-hydrogen) atoms. The number of carboxylic acid groups (broad SMARTS) is 1. The molecule has 2 N–H and O–H groups in total. The van der Waals surface area contributed by atoms with Crippen LogP contribution in [0.1, 0.15) is 28.4 Å². The summed E-state index contributed by atoms with van der Waals surface area (Å²) >= 11 is 0. The van der Waals surface area contributed by atoms with E-state index in [-0.39, 0.29) is 11.5 Å². The number of hydrogen-bond donors (Lipinski definition) is 2. The monoisotopic (exact) mass is 207 g/mol. The number of amides is 1. The number of carboxylic acids is 1. The Labute approximate surface area is 87.9 Å². The van der Waals surface area contributed by atoms with E-state index in [1.54, 1.807) is 18.2 Å². The molecule has 0 bridgehead atoms. The molecule has 0 aromatic heterocycles. The van der Waals surface area contributed by atoms with Crippen molar-refractivity contribution in [1.29, 1.82) is 0 Å². The molecule has 0 aliphatic rings. The van der Waals surface area contributed by atoms with Crippen LogP contribution in [0.3, 0.4) is 0 Å². The quantitative estimate of drug-likeness (QED) is 0.785. The Morgan fingerprint density at radius 3 is 2.60 bits per heavy atom. The molecular formula is C11H13NO3. The van der Waals surface area contributed by atoms with Crippen LogP contribution in [0, 0.1) is 6.92 Å². The van der Waals surface area contributed by atoms with Gasteiger partial charge in [0.2, 0.25) is 5.91 Å². The summed E-state index contributed by atoms with van der Waals surface area (Å²) in [6.45, 7) is 3.67. The van der Waals surface area contributed by atoms with E-state index in [4.69, 9.17) is 5.11 Å². The summed E-state index contributed by atoms with van der Waals surface area (Å²) in [6, 6.07) is 4.86. The highest BCUT2D eigenvalue weighted by molar-refractivity contribution is 5.87. The first-order chi connectivity index (χ1) is 7.00. The van der Waals surface area contributed by atoms with Gasteiger partial charge in [0.05, 0.1) is 5.56 Å². The molecule has 80 valence electrons. The molecule has 0 heterocycles. The summed E-state index contributed by atoms with van der Waals surface area (Å²) in [6.07, 6.45) is 0.